The Balaban J connectivity index is 2.18. The summed E-state index contributed by atoms with van der Waals surface area (Å²) in [5.74, 6) is 0.876. The second-order valence-electron chi connectivity index (χ2n) is 7.42. The summed E-state index contributed by atoms with van der Waals surface area (Å²) in [6, 6.07) is 3.10. The Labute approximate surface area is 159 Å². The molecule has 0 radical (unpaired) electrons. The zero-order valence-corrected chi connectivity index (χ0v) is 16.7. The van der Waals surface area contributed by atoms with Gasteiger partial charge >= 0.3 is 0 Å². The Morgan fingerprint density at radius 3 is 2.73 bits per heavy atom. The average molecular weight is 380 g/mol. The van der Waals surface area contributed by atoms with E-state index in [0.717, 1.165) is 23.3 Å². The van der Waals surface area contributed by atoms with Crippen molar-refractivity contribution < 1.29 is 14.3 Å². The predicted molar refractivity (Wildman–Crippen MR) is 102 cm³/mol. The number of nitrogens with zero attached hydrogens (tertiary/aromatic N) is 2. The zero-order valence-electron chi connectivity index (χ0n) is 15.9. The molecule has 0 bridgehead atoms. The van der Waals surface area contributed by atoms with Crippen molar-refractivity contribution in [3.05, 3.63) is 23.3 Å². The number of primary amides is 1. The molecule has 2 N–H and O–H groups in total. The average Bonchev–Trinajstić information content (AvgIpc) is 3.00. The number of fused-ring (bicyclic) bond motifs is 1. The van der Waals surface area contributed by atoms with Gasteiger partial charge in [-0.25, -0.2) is 0 Å². The van der Waals surface area contributed by atoms with Crippen molar-refractivity contribution in [3.63, 3.8) is 0 Å². The lowest BCUT2D eigenvalue weighted by molar-refractivity contribution is -0.122. The van der Waals surface area contributed by atoms with Crippen LogP contribution in [-0.4, -0.2) is 41.9 Å². The molecule has 3 rings (SSSR count). The van der Waals surface area contributed by atoms with Gasteiger partial charge in [-0.15, -0.1) is 11.6 Å². The number of likely N-dealkylation sites (N-methyl/N-ethyl adjacent to an activating group) is 1. The fourth-order valence-corrected chi connectivity index (χ4v) is 4.45. The number of halogens is 1. The van der Waals surface area contributed by atoms with E-state index in [-0.39, 0.29) is 5.60 Å². The van der Waals surface area contributed by atoms with Crippen molar-refractivity contribution in [1.82, 2.24) is 5.01 Å². The first-order valence-corrected chi connectivity index (χ1v) is 9.30. The standard InChI is InChI=1S/C19H26ClN3O3/c1-6-14-19(20,16(17(21)24)23(5)22-14)12-8-11-10-18(3,4)26-15(11)13(9-12)25-7-2/h8-9,16H,6-7,10H2,1-5H3,(H2,21,24). The SMILES string of the molecule is CCOc1cc(C2(Cl)C(CC)=NN(C)C2C(N)=O)cc2c1OC(C)(C)C2. The molecule has 0 spiro atoms. The van der Waals surface area contributed by atoms with Crippen LogP contribution in [0.15, 0.2) is 17.2 Å². The van der Waals surface area contributed by atoms with Gasteiger partial charge in [0, 0.05) is 19.0 Å². The molecule has 2 aliphatic rings. The van der Waals surface area contributed by atoms with Crippen LogP contribution in [0.4, 0.5) is 0 Å². The predicted octanol–water partition coefficient (Wildman–Crippen LogP) is 2.80. The van der Waals surface area contributed by atoms with Crippen molar-refractivity contribution in [1.29, 1.82) is 0 Å². The maximum absolute atomic E-state index is 12.2. The fraction of sp³-hybridized carbons (Fsp3) is 0.579. The molecule has 2 unspecified atom stereocenters. The van der Waals surface area contributed by atoms with Crippen LogP contribution in [0.1, 0.15) is 45.2 Å². The molecule has 2 heterocycles. The number of amides is 1. The Morgan fingerprint density at radius 1 is 1.46 bits per heavy atom. The second kappa shape index (κ2) is 6.34. The number of rotatable bonds is 5. The Morgan fingerprint density at radius 2 is 2.15 bits per heavy atom. The zero-order chi connectivity index (χ0) is 19.3. The van der Waals surface area contributed by atoms with E-state index in [1.54, 1.807) is 12.1 Å². The number of benzene rings is 1. The lowest BCUT2D eigenvalue weighted by Crippen LogP contribution is -2.50. The number of nitrogens with two attached hydrogens (primary N) is 1. The Hall–Kier alpha value is -1.95. The molecule has 0 aromatic heterocycles. The lowest BCUT2D eigenvalue weighted by atomic mass is 9.84. The van der Waals surface area contributed by atoms with Gasteiger partial charge in [-0.3, -0.25) is 9.80 Å². The second-order valence-corrected chi connectivity index (χ2v) is 8.02. The van der Waals surface area contributed by atoms with Gasteiger partial charge in [0.25, 0.3) is 0 Å². The van der Waals surface area contributed by atoms with Crippen LogP contribution >= 0.6 is 11.6 Å². The highest BCUT2D eigenvalue weighted by molar-refractivity contribution is 6.38. The summed E-state index contributed by atoms with van der Waals surface area (Å²) in [6.07, 6.45) is 1.35. The lowest BCUT2D eigenvalue weighted by Gasteiger charge is -2.31. The maximum Gasteiger partial charge on any atom is 0.244 e. The molecule has 26 heavy (non-hydrogen) atoms. The minimum absolute atomic E-state index is 0.316. The van der Waals surface area contributed by atoms with Gasteiger partial charge in [-0.1, -0.05) is 6.92 Å². The Kier molecular flexibility index (Phi) is 4.59. The summed E-state index contributed by atoms with van der Waals surface area (Å²) >= 11 is 7.09. The quantitative estimate of drug-likeness (QED) is 0.798. The number of alkyl halides is 1. The van der Waals surface area contributed by atoms with E-state index in [1.807, 2.05) is 39.8 Å². The van der Waals surface area contributed by atoms with Crippen LogP contribution in [0, 0.1) is 0 Å². The van der Waals surface area contributed by atoms with E-state index in [9.17, 15) is 4.79 Å². The number of carbonyl (C=O) groups is 1. The molecule has 1 amide bonds. The van der Waals surface area contributed by atoms with Crippen LogP contribution < -0.4 is 15.2 Å². The van der Waals surface area contributed by atoms with Crippen molar-refractivity contribution >= 4 is 23.2 Å². The number of hydrazone groups is 1. The number of carbonyl (C=O) groups excluding carboxylic acids is 1. The third-order valence-electron chi connectivity index (χ3n) is 4.90. The third-order valence-corrected chi connectivity index (χ3v) is 5.54. The first kappa shape index (κ1) is 18.8. The molecule has 7 heteroatoms. The summed E-state index contributed by atoms with van der Waals surface area (Å²) in [4.78, 5) is 11.1. The molecular formula is C19H26ClN3O3. The van der Waals surface area contributed by atoms with E-state index in [2.05, 4.69) is 5.10 Å². The number of hydrogen-bond donors (Lipinski definition) is 1. The van der Waals surface area contributed by atoms with E-state index in [0.29, 0.717) is 24.5 Å². The molecule has 0 aliphatic carbocycles. The van der Waals surface area contributed by atoms with E-state index in [4.69, 9.17) is 26.8 Å². The molecule has 1 aromatic rings. The molecular weight excluding hydrogens is 354 g/mol. The molecule has 2 atom stereocenters. The van der Waals surface area contributed by atoms with Crippen molar-refractivity contribution in [2.45, 2.75) is 57.1 Å². The van der Waals surface area contributed by atoms with E-state index < -0.39 is 16.8 Å². The molecule has 0 fully saturated rings. The van der Waals surface area contributed by atoms with Crippen molar-refractivity contribution in [2.24, 2.45) is 10.8 Å². The normalized spacial score (nSPS) is 26.3. The van der Waals surface area contributed by atoms with E-state index in [1.165, 1.54) is 0 Å². The van der Waals surface area contributed by atoms with Gasteiger partial charge in [0.2, 0.25) is 5.91 Å². The summed E-state index contributed by atoms with van der Waals surface area (Å²) in [7, 11) is 1.72. The largest absolute Gasteiger partial charge is 0.490 e. The highest BCUT2D eigenvalue weighted by atomic mass is 35.5. The highest BCUT2D eigenvalue weighted by Crippen LogP contribution is 2.49. The van der Waals surface area contributed by atoms with Crippen LogP contribution in [0.2, 0.25) is 0 Å². The molecule has 0 saturated carbocycles. The van der Waals surface area contributed by atoms with E-state index >= 15 is 0 Å². The molecule has 1 aromatic carbocycles. The molecule has 6 nitrogen and oxygen atoms in total. The van der Waals surface area contributed by atoms with Gasteiger partial charge in [0.1, 0.15) is 10.5 Å². The number of ether oxygens (including phenoxy) is 2. The van der Waals surface area contributed by atoms with Crippen LogP contribution in [-0.2, 0) is 16.1 Å². The summed E-state index contributed by atoms with van der Waals surface area (Å²) < 4.78 is 11.9. The first-order chi connectivity index (χ1) is 12.1. The van der Waals surface area contributed by atoms with Gasteiger partial charge < -0.3 is 15.2 Å². The van der Waals surface area contributed by atoms with Gasteiger partial charge in [-0.2, -0.15) is 5.10 Å². The van der Waals surface area contributed by atoms with Crippen LogP contribution in [0.5, 0.6) is 11.5 Å². The van der Waals surface area contributed by atoms with Crippen LogP contribution in [0.25, 0.3) is 0 Å². The third kappa shape index (κ3) is 2.80. The van der Waals surface area contributed by atoms with Gasteiger partial charge in [0.15, 0.2) is 17.5 Å². The van der Waals surface area contributed by atoms with Gasteiger partial charge in [-0.05, 0) is 44.9 Å². The minimum atomic E-state index is -1.12. The first-order valence-electron chi connectivity index (χ1n) is 8.92. The van der Waals surface area contributed by atoms with Crippen LogP contribution in [0.3, 0.4) is 0 Å². The maximum atomic E-state index is 12.2. The smallest absolute Gasteiger partial charge is 0.244 e. The minimum Gasteiger partial charge on any atom is -0.490 e. The van der Waals surface area contributed by atoms with Crippen molar-refractivity contribution in [3.8, 4) is 11.5 Å². The Bertz CT molecular complexity index is 778. The summed E-state index contributed by atoms with van der Waals surface area (Å²) in [5.41, 5.74) is 7.85. The van der Waals surface area contributed by atoms with Crippen molar-refractivity contribution in [2.75, 3.05) is 13.7 Å². The fourth-order valence-electron chi connectivity index (χ4n) is 3.92. The number of hydrogen-bond acceptors (Lipinski definition) is 5. The summed E-state index contributed by atoms with van der Waals surface area (Å²) in [6.45, 7) is 8.46. The molecule has 142 valence electrons. The molecule has 2 aliphatic heterocycles. The van der Waals surface area contributed by atoms with Gasteiger partial charge in [0.05, 0.1) is 12.3 Å². The summed E-state index contributed by atoms with van der Waals surface area (Å²) in [5, 5.41) is 6.04. The topological polar surface area (TPSA) is 77.1 Å². The monoisotopic (exact) mass is 379 g/mol. The molecule has 0 saturated heterocycles. The highest BCUT2D eigenvalue weighted by Gasteiger charge is 2.53.